The van der Waals surface area contributed by atoms with Gasteiger partial charge in [-0.25, -0.2) is 9.59 Å². The third-order valence-corrected chi connectivity index (χ3v) is 4.00. The molecule has 0 aromatic rings. The quantitative estimate of drug-likeness (QED) is 0.569. The molecular weight excluding hydrogens is 260 g/mol. The summed E-state index contributed by atoms with van der Waals surface area (Å²) in [5.41, 5.74) is 0. The molecule has 1 aliphatic rings. The van der Waals surface area contributed by atoms with Crippen molar-refractivity contribution in [3.63, 3.8) is 0 Å². The summed E-state index contributed by atoms with van der Waals surface area (Å²) in [6, 6.07) is -1.40. The van der Waals surface area contributed by atoms with E-state index < -0.39 is 18.0 Å². The second-order valence-corrected chi connectivity index (χ2v) is 5.43. The molecule has 0 saturated heterocycles. The van der Waals surface area contributed by atoms with E-state index in [2.05, 4.69) is 10.6 Å². The summed E-state index contributed by atoms with van der Waals surface area (Å²) >= 11 is 0. The van der Waals surface area contributed by atoms with Gasteiger partial charge in [-0.1, -0.05) is 26.2 Å². The van der Waals surface area contributed by atoms with Crippen molar-refractivity contribution in [3.8, 4) is 0 Å². The van der Waals surface area contributed by atoms with Crippen LogP contribution >= 0.6 is 0 Å². The molecule has 0 spiro atoms. The van der Waals surface area contributed by atoms with Crippen LogP contribution in [-0.2, 0) is 4.79 Å². The number of carboxylic acid groups (broad SMARTS) is 1. The Balaban J connectivity index is 2.47. The first-order chi connectivity index (χ1) is 9.58. The van der Waals surface area contributed by atoms with Crippen LogP contribution in [0.1, 0.15) is 51.9 Å². The largest absolute Gasteiger partial charge is 0.480 e. The molecule has 20 heavy (non-hydrogen) atoms. The molecule has 2 unspecified atom stereocenters. The molecule has 1 aliphatic carbocycles. The molecule has 6 nitrogen and oxygen atoms in total. The summed E-state index contributed by atoms with van der Waals surface area (Å²) < 4.78 is 0. The topological polar surface area (TPSA) is 98.7 Å². The minimum absolute atomic E-state index is 0.0168. The highest BCUT2D eigenvalue weighted by atomic mass is 16.4. The van der Waals surface area contributed by atoms with Gasteiger partial charge in [-0.2, -0.15) is 0 Å². The second-order valence-electron chi connectivity index (χ2n) is 5.43. The average molecular weight is 286 g/mol. The van der Waals surface area contributed by atoms with Gasteiger partial charge in [-0.3, -0.25) is 0 Å². The van der Waals surface area contributed by atoms with Crippen molar-refractivity contribution < 1.29 is 19.8 Å². The molecule has 1 rings (SSSR count). The first-order valence-corrected chi connectivity index (χ1v) is 7.49. The zero-order valence-corrected chi connectivity index (χ0v) is 12.1. The Morgan fingerprint density at radius 2 is 1.85 bits per heavy atom. The summed E-state index contributed by atoms with van der Waals surface area (Å²) in [6.07, 6.45) is 6.77. The molecule has 0 bridgehead atoms. The number of aliphatic hydroxyl groups is 1. The minimum atomic E-state index is -1.13. The zero-order chi connectivity index (χ0) is 15.0. The smallest absolute Gasteiger partial charge is 0.326 e. The van der Waals surface area contributed by atoms with Gasteiger partial charge in [0.2, 0.25) is 0 Å². The van der Waals surface area contributed by atoms with Gasteiger partial charge in [0.25, 0.3) is 0 Å². The monoisotopic (exact) mass is 286 g/mol. The van der Waals surface area contributed by atoms with Crippen LogP contribution in [-0.4, -0.2) is 40.9 Å². The van der Waals surface area contributed by atoms with E-state index in [1.54, 1.807) is 0 Å². The van der Waals surface area contributed by atoms with Gasteiger partial charge >= 0.3 is 12.0 Å². The molecule has 2 amide bonds. The number of hydrogen-bond acceptors (Lipinski definition) is 3. The molecule has 0 aromatic heterocycles. The highest BCUT2D eigenvalue weighted by molar-refractivity contribution is 5.82. The Hall–Kier alpha value is -1.30. The average Bonchev–Trinajstić information content (AvgIpc) is 2.45. The van der Waals surface area contributed by atoms with Crippen molar-refractivity contribution in [2.75, 3.05) is 6.61 Å². The number of carbonyl (C=O) groups is 2. The Kier molecular flexibility index (Phi) is 7.36. The number of aliphatic carboxylic acids is 1. The molecule has 1 fully saturated rings. The Morgan fingerprint density at radius 3 is 2.35 bits per heavy atom. The van der Waals surface area contributed by atoms with E-state index in [4.69, 9.17) is 10.2 Å². The summed E-state index contributed by atoms with van der Waals surface area (Å²) in [5, 5.41) is 23.0. The molecule has 0 heterocycles. The van der Waals surface area contributed by atoms with Gasteiger partial charge in [0.15, 0.2) is 0 Å². The third kappa shape index (κ3) is 5.36. The standard InChI is InChI=1S/C14H26N2O4/c1-2-11(10-6-4-3-5-7-10)15-14(20)16-12(8-9-17)13(18)19/h10-12,17H,2-9H2,1H3,(H,18,19)(H2,15,16,20). The zero-order valence-electron chi connectivity index (χ0n) is 12.1. The second kappa shape index (κ2) is 8.79. The number of urea groups is 1. The van der Waals surface area contributed by atoms with Crippen LogP contribution in [0.3, 0.4) is 0 Å². The number of amides is 2. The number of carboxylic acids is 1. The first-order valence-electron chi connectivity index (χ1n) is 7.49. The fourth-order valence-corrected chi connectivity index (χ4v) is 2.84. The Morgan fingerprint density at radius 1 is 1.20 bits per heavy atom. The Bertz CT molecular complexity index is 316. The maximum Gasteiger partial charge on any atom is 0.326 e. The van der Waals surface area contributed by atoms with Gasteiger partial charge < -0.3 is 20.8 Å². The SMILES string of the molecule is CCC(NC(=O)NC(CCO)C(=O)O)C1CCCCC1. The van der Waals surface area contributed by atoms with Crippen LogP contribution in [0.2, 0.25) is 0 Å². The molecule has 1 saturated carbocycles. The van der Waals surface area contributed by atoms with Gasteiger partial charge in [0, 0.05) is 19.1 Å². The van der Waals surface area contributed by atoms with Crippen LogP contribution in [0.15, 0.2) is 0 Å². The molecule has 0 aliphatic heterocycles. The van der Waals surface area contributed by atoms with Crippen molar-refractivity contribution >= 4 is 12.0 Å². The first kappa shape index (κ1) is 16.8. The van der Waals surface area contributed by atoms with E-state index in [0.717, 1.165) is 19.3 Å². The maximum atomic E-state index is 11.9. The van der Waals surface area contributed by atoms with E-state index in [0.29, 0.717) is 5.92 Å². The van der Waals surface area contributed by atoms with E-state index in [-0.39, 0.29) is 19.1 Å². The Labute approximate surface area is 119 Å². The number of rotatable bonds is 7. The third-order valence-electron chi connectivity index (χ3n) is 4.00. The molecule has 2 atom stereocenters. The van der Waals surface area contributed by atoms with E-state index >= 15 is 0 Å². The number of nitrogens with one attached hydrogen (secondary N) is 2. The summed E-state index contributed by atoms with van der Waals surface area (Å²) in [7, 11) is 0. The maximum absolute atomic E-state index is 11.9. The summed E-state index contributed by atoms with van der Waals surface area (Å²) in [6.45, 7) is 1.76. The highest BCUT2D eigenvalue weighted by Gasteiger charge is 2.25. The van der Waals surface area contributed by atoms with Crippen LogP contribution < -0.4 is 10.6 Å². The molecule has 116 valence electrons. The van der Waals surface area contributed by atoms with E-state index in [9.17, 15) is 9.59 Å². The lowest BCUT2D eigenvalue weighted by Crippen LogP contribution is -2.51. The normalized spacial score (nSPS) is 19.1. The molecule has 0 aromatic carbocycles. The minimum Gasteiger partial charge on any atom is -0.480 e. The summed E-state index contributed by atoms with van der Waals surface area (Å²) in [4.78, 5) is 22.8. The summed E-state index contributed by atoms with van der Waals surface area (Å²) in [5.74, 6) is -0.638. The molecule has 4 N–H and O–H groups in total. The molecule has 6 heteroatoms. The fourth-order valence-electron chi connectivity index (χ4n) is 2.84. The van der Waals surface area contributed by atoms with Gasteiger partial charge in [-0.15, -0.1) is 0 Å². The van der Waals surface area contributed by atoms with Crippen LogP contribution in [0, 0.1) is 5.92 Å². The predicted molar refractivity (Wildman–Crippen MR) is 75.4 cm³/mol. The highest BCUT2D eigenvalue weighted by Crippen LogP contribution is 2.27. The van der Waals surface area contributed by atoms with Crippen molar-refractivity contribution in [1.82, 2.24) is 10.6 Å². The molecule has 0 radical (unpaired) electrons. The fraction of sp³-hybridized carbons (Fsp3) is 0.857. The van der Waals surface area contributed by atoms with Crippen LogP contribution in [0.4, 0.5) is 4.79 Å². The van der Waals surface area contributed by atoms with Crippen LogP contribution in [0.25, 0.3) is 0 Å². The van der Waals surface area contributed by atoms with E-state index in [1.165, 1.54) is 19.3 Å². The van der Waals surface area contributed by atoms with Crippen molar-refractivity contribution in [2.24, 2.45) is 5.92 Å². The van der Waals surface area contributed by atoms with Crippen LogP contribution in [0.5, 0.6) is 0 Å². The van der Waals surface area contributed by atoms with Crippen molar-refractivity contribution in [3.05, 3.63) is 0 Å². The number of hydrogen-bond donors (Lipinski definition) is 4. The molecular formula is C14H26N2O4. The van der Waals surface area contributed by atoms with Gasteiger partial charge in [0.1, 0.15) is 6.04 Å². The van der Waals surface area contributed by atoms with Crippen molar-refractivity contribution in [2.45, 2.75) is 64.0 Å². The number of carbonyl (C=O) groups excluding carboxylic acids is 1. The predicted octanol–water partition coefficient (Wildman–Crippen LogP) is 1.48. The van der Waals surface area contributed by atoms with Crippen molar-refractivity contribution in [1.29, 1.82) is 0 Å². The number of aliphatic hydroxyl groups excluding tert-OH is 1. The van der Waals surface area contributed by atoms with Gasteiger partial charge in [0.05, 0.1) is 0 Å². The van der Waals surface area contributed by atoms with Gasteiger partial charge in [-0.05, 0) is 25.2 Å². The lowest BCUT2D eigenvalue weighted by Gasteiger charge is -2.30. The van der Waals surface area contributed by atoms with E-state index in [1.807, 2.05) is 6.92 Å². The lowest BCUT2D eigenvalue weighted by molar-refractivity contribution is -0.139. The lowest BCUT2D eigenvalue weighted by atomic mass is 9.83.